The molecule has 32 heavy (non-hydrogen) atoms. The second kappa shape index (κ2) is 9.35. The molecule has 0 aliphatic carbocycles. The topological polar surface area (TPSA) is 95.5 Å². The van der Waals surface area contributed by atoms with E-state index in [2.05, 4.69) is 20.2 Å². The highest BCUT2D eigenvalue weighted by Gasteiger charge is 2.25. The van der Waals surface area contributed by atoms with Crippen molar-refractivity contribution in [1.82, 2.24) is 15.3 Å². The summed E-state index contributed by atoms with van der Waals surface area (Å²) < 4.78 is 27.3. The third-order valence-electron chi connectivity index (χ3n) is 5.54. The third-order valence-corrected chi connectivity index (χ3v) is 7.32. The molecule has 0 saturated carbocycles. The second-order valence-electron chi connectivity index (χ2n) is 7.62. The number of carbonyl (C=O) groups excluding carboxylic acids is 1. The van der Waals surface area contributed by atoms with Crippen molar-refractivity contribution in [3.63, 3.8) is 0 Å². The molecule has 1 aromatic heterocycles. The maximum absolute atomic E-state index is 13.0. The number of benzene rings is 2. The van der Waals surface area contributed by atoms with Gasteiger partial charge in [-0.2, -0.15) is 0 Å². The Morgan fingerprint density at radius 3 is 2.38 bits per heavy atom. The van der Waals surface area contributed by atoms with Crippen molar-refractivity contribution in [3.05, 3.63) is 78.6 Å². The van der Waals surface area contributed by atoms with E-state index >= 15 is 0 Å². The molecule has 1 amide bonds. The van der Waals surface area contributed by atoms with Crippen LogP contribution in [0.4, 0.5) is 11.6 Å². The molecule has 9 heteroatoms. The summed E-state index contributed by atoms with van der Waals surface area (Å²) in [6.45, 7) is 1.48. The molecular formula is C23H25N5O3S. The number of sulfonamides is 1. The minimum atomic E-state index is -3.79. The lowest BCUT2D eigenvalue weighted by atomic mass is 10.0. The van der Waals surface area contributed by atoms with E-state index in [4.69, 9.17) is 0 Å². The van der Waals surface area contributed by atoms with Crippen LogP contribution in [-0.2, 0) is 10.0 Å². The molecule has 0 spiro atoms. The van der Waals surface area contributed by atoms with Gasteiger partial charge in [-0.3, -0.25) is 9.10 Å². The van der Waals surface area contributed by atoms with Gasteiger partial charge in [-0.25, -0.2) is 18.4 Å². The number of hydrogen-bond acceptors (Lipinski definition) is 6. The van der Waals surface area contributed by atoms with Crippen molar-refractivity contribution in [2.45, 2.75) is 23.8 Å². The van der Waals surface area contributed by atoms with E-state index in [-0.39, 0.29) is 16.8 Å². The number of carbonyl (C=O) groups is 1. The highest BCUT2D eigenvalue weighted by Crippen LogP contribution is 2.22. The van der Waals surface area contributed by atoms with Crippen LogP contribution in [0, 0.1) is 0 Å². The summed E-state index contributed by atoms with van der Waals surface area (Å²) in [7, 11) is -2.28. The zero-order valence-electron chi connectivity index (χ0n) is 17.8. The quantitative estimate of drug-likeness (QED) is 0.619. The normalized spacial score (nSPS) is 14.7. The van der Waals surface area contributed by atoms with Crippen molar-refractivity contribution < 1.29 is 13.2 Å². The summed E-state index contributed by atoms with van der Waals surface area (Å²) >= 11 is 0. The number of aromatic nitrogens is 2. The first kappa shape index (κ1) is 21.8. The molecule has 1 fully saturated rings. The van der Waals surface area contributed by atoms with Gasteiger partial charge in [-0.05, 0) is 49.2 Å². The Hall–Kier alpha value is -3.46. The second-order valence-corrected chi connectivity index (χ2v) is 9.59. The van der Waals surface area contributed by atoms with Gasteiger partial charge in [-0.15, -0.1) is 0 Å². The summed E-state index contributed by atoms with van der Waals surface area (Å²) in [6.07, 6.45) is 4.95. The number of anilines is 2. The standard InChI is InChI=1S/C23H25N5O3S/c1-27(20-8-3-2-4-9-20)32(30,31)21-10-5-7-18(17-21)22(29)26-19-11-15-28(16-12-19)23-24-13-6-14-25-23/h2-10,13-14,17,19H,11-12,15-16H2,1H3,(H,26,29). The number of nitrogens with zero attached hydrogens (tertiary/aromatic N) is 4. The van der Waals surface area contributed by atoms with Crippen LogP contribution in [-0.4, -0.2) is 50.5 Å². The third kappa shape index (κ3) is 4.72. The molecule has 0 atom stereocenters. The lowest BCUT2D eigenvalue weighted by molar-refractivity contribution is 0.0931. The molecule has 1 N–H and O–H groups in total. The van der Waals surface area contributed by atoms with Crippen molar-refractivity contribution in [1.29, 1.82) is 0 Å². The van der Waals surface area contributed by atoms with Crippen LogP contribution in [0.25, 0.3) is 0 Å². The molecule has 2 aromatic carbocycles. The molecule has 1 saturated heterocycles. The minimum Gasteiger partial charge on any atom is -0.349 e. The molecule has 0 unspecified atom stereocenters. The van der Waals surface area contributed by atoms with E-state index in [9.17, 15) is 13.2 Å². The van der Waals surface area contributed by atoms with Gasteiger partial charge in [0.2, 0.25) is 5.95 Å². The fraction of sp³-hybridized carbons (Fsp3) is 0.261. The van der Waals surface area contributed by atoms with Crippen molar-refractivity contribution >= 4 is 27.6 Å². The Kier molecular flexibility index (Phi) is 6.36. The average molecular weight is 452 g/mol. The lowest BCUT2D eigenvalue weighted by Crippen LogP contribution is -2.45. The molecule has 1 aliphatic rings. The number of amides is 1. The fourth-order valence-electron chi connectivity index (χ4n) is 3.68. The van der Waals surface area contributed by atoms with Crippen molar-refractivity contribution in [2.24, 2.45) is 0 Å². The van der Waals surface area contributed by atoms with Gasteiger partial charge in [-0.1, -0.05) is 24.3 Å². The first-order chi connectivity index (χ1) is 15.4. The van der Waals surface area contributed by atoms with Crippen LogP contribution in [0.5, 0.6) is 0 Å². The zero-order valence-corrected chi connectivity index (χ0v) is 18.6. The summed E-state index contributed by atoms with van der Waals surface area (Å²) in [5.74, 6) is 0.413. The Balaban J connectivity index is 1.42. The first-order valence-corrected chi connectivity index (χ1v) is 11.9. The number of hydrogen-bond donors (Lipinski definition) is 1. The molecule has 166 valence electrons. The summed E-state index contributed by atoms with van der Waals surface area (Å²) in [5, 5.41) is 3.03. The number of para-hydroxylation sites is 1. The van der Waals surface area contributed by atoms with Gasteiger partial charge < -0.3 is 10.2 Å². The summed E-state index contributed by atoms with van der Waals surface area (Å²) in [5.41, 5.74) is 0.873. The molecular weight excluding hydrogens is 426 g/mol. The first-order valence-electron chi connectivity index (χ1n) is 10.4. The smallest absolute Gasteiger partial charge is 0.264 e. The fourth-order valence-corrected chi connectivity index (χ4v) is 4.92. The van der Waals surface area contributed by atoms with E-state index < -0.39 is 10.0 Å². The maximum atomic E-state index is 13.0. The van der Waals surface area contributed by atoms with Crippen molar-refractivity contribution in [2.75, 3.05) is 29.3 Å². The van der Waals surface area contributed by atoms with Crippen LogP contribution >= 0.6 is 0 Å². The summed E-state index contributed by atoms with van der Waals surface area (Å²) in [6, 6.07) is 16.8. The predicted molar refractivity (Wildman–Crippen MR) is 123 cm³/mol. The molecule has 0 radical (unpaired) electrons. The zero-order chi connectivity index (χ0) is 22.6. The Morgan fingerprint density at radius 2 is 1.69 bits per heavy atom. The largest absolute Gasteiger partial charge is 0.349 e. The molecule has 4 rings (SSSR count). The van der Waals surface area contributed by atoms with Gasteiger partial charge in [0.05, 0.1) is 10.6 Å². The Labute approximate surface area is 188 Å². The lowest BCUT2D eigenvalue weighted by Gasteiger charge is -2.32. The van der Waals surface area contributed by atoms with Crippen LogP contribution < -0.4 is 14.5 Å². The number of rotatable bonds is 6. The number of nitrogens with one attached hydrogen (secondary N) is 1. The van der Waals surface area contributed by atoms with Crippen LogP contribution in [0.2, 0.25) is 0 Å². The van der Waals surface area contributed by atoms with Gasteiger partial charge in [0.1, 0.15) is 0 Å². The van der Waals surface area contributed by atoms with Gasteiger partial charge in [0.25, 0.3) is 15.9 Å². The molecule has 3 aromatic rings. The SMILES string of the molecule is CN(c1ccccc1)S(=O)(=O)c1cccc(C(=O)NC2CCN(c3ncccn3)CC2)c1. The highest BCUT2D eigenvalue weighted by molar-refractivity contribution is 7.92. The van der Waals surface area contributed by atoms with Crippen LogP contribution in [0.3, 0.4) is 0 Å². The van der Waals surface area contributed by atoms with E-state index in [0.717, 1.165) is 25.9 Å². The van der Waals surface area contributed by atoms with Gasteiger partial charge in [0, 0.05) is 44.1 Å². The predicted octanol–water partition coefficient (Wildman–Crippen LogP) is 2.70. The molecule has 2 heterocycles. The Bertz CT molecular complexity index is 1160. The van der Waals surface area contributed by atoms with Crippen LogP contribution in [0.1, 0.15) is 23.2 Å². The van der Waals surface area contributed by atoms with Crippen LogP contribution in [0.15, 0.2) is 78.0 Å². The van der Waals surface area contributed by atoms with E-state index in [1.165, 1.54) is 23.5 Å². The monoisotopic (exact) mass is 451 g/mol. The van der Waals surface area contributed by atoms with E-state index in [1.54, 1.807) is 54.9 Å². The molecule has 1 aliphatic heterocycles. The Morgan fingerprint density at radius 1 is 1.00 bits per heavy atom. The maximum Gasteiger partial charge on any atom is 0.264 e. The number of piperidine rings is 1. The minimum absolute atomic E-state index is 0.00900. The molecule has 8 nitrogen and oxygen atoms in total. The average Bonchev–Trinajstić information content (AvgIpc) is 2.85. The van der Waals surface area contributed by atoms with E-state index in [1.807, 2.05) is 6.07 Å². The van der Waals surface area contributed by atoms with Gasteiger partial charge in [0.15, 0.2) is 0 Å². The summed E-state index contributed by atoms with van der Waals surface area (Å²) in [4.78, 5) is 23.5. The highest BCUT2D eigenvalue weighted by atomic mass is 32.2. The van der Waals surface area contributed by atoms with E-state index in [0.29, 0.717) is 17.2 Å². The molecule has 0 bridgehead atoms. The van der Waals surface area contributed by atoms with Crippen molar-refractivity contribution in [3.8, 4) is 0 Å². The van der Waals surface area contributed by atoms with Gasteiger partial charge >= 0.3 is 0 Å².